The number of cyclic esters (lactones) is 2. The Kier molecular flexibility index (Phi) is 11.5. The lowest BCUT2D eigenvalue weighted by Gasteiger charge is -2.18. The average molecular weight is 663 g/mol. The van der Waals surface area contributed by atoms with Crippen molar-refractivity contribution in [1.82, 2.24) is 0 Å². The summed E-state index contributed by atoms with van der Waals surface area (Å²) in [6.45, 7) is 3.04. The van der Waals surface area contributed by atoms with E-state index in [1.54, 1.807) is 6.92 Å². The number of aliphatic hydroxyl groups is 1. The molecule has 0 saturated carbocycles. The molecule has 2 aliphatic heterocycles. The molecule has 21 nitrogen and oxygen atoms in total. The van der Waals surface area contributed by atoms with Crippen LogP contribution in [0.25, 0.3) is 0 Å². The van der Waals surface area contributed by atoms with Crippen LogP contribution in [-0.4, -0.2) is 73.3 Å². The number of non-ortho nitro benzene ring substituents is 3. The number of anilines is 1. The normalized spacial score (nSPS) is 19.4. The zero-order valence-corrected chi connectivity index (χ0v) is 24.5. The van der Waals surface area contributed by atoms with E-state index >= 15 is 0 Å². The summed E-state index contributed by atoms with van der Waals surface area (Å²) in [6, 6.07) is 6.03. The molecule has 21 heteroatoms. The number of carbonyl (C=O) groups excluding carboxylic acids is 3. The van der Waals surface area contributed by atoms with E-state index in [1.807, 2.05) is 0 Å². The molecule has 4 atom stereocenters. The first kappa shape index (κ1) is 35.4. The zero-order chi connectivity index (χ0) is 35.0. The molecular weight excluding hydrogens is 636 g/mol. The second-order valence-corrected chi connectivity index (χ2v) is 10.1. The fourth-order valence-electron chi connectivity index (χ4n) is 4.31. The number of rotatable bonds is 11. The van der Waals surface area contributed by atoms with Crippen LogP contribution in [0.1, 0.15) is 32.3 Å². The van der Waals surface area contributed by atoms with Crippen LogP contribution >= 0.6 is 0 Å². The van der Waals surface area contributed by atoms with Crippen LogP contribution in [0.3, 0.4) is 0 Å². The molecule has 4 unspecified atom stereocenters. The molecule has 2 aromatic rings. The summed E-state index contributed by atoms with van der Waals surface area (Å²) in [6.07, 6.45) is -2.21. The highest BCUT2D eigenvalue weighted by Gasteiger charge is 2.37. The summed E-state index contributed by atoms with van der Waals surface area (Å²) in [7, 11) is 0. The van der Waals surface area contributed by atoms with Gasteiger partial charge in [0, 0.05) is 30.3 Å². The Morgan fingerprint density at radius 1 is 1.00 bits per heavy atom. The van der Waals surface area contributed by atoms with Crippen LogP contribution in [0.2, 0.25) is 0 Å². The van der Waals surface area contributed by atoms with Crippen molar-refractivity contribution in [2.75, 3.05) is 12.0 Å². The number of carbonyl (C=O) groups is 3. The van der Waals surface area contributed by atoms with Crippen LogP contribution in [-0.2, 0) is 35.0 Å². The summed E-state index contributed by atoms with van der Waals surface area (Å²) < 4.78 is 14.8. The van der Waals surface area contributed by atoms with Crippen LogP contribution in [0.4, 0.5) is 28.4 Å². The van der Waals surface area contributed by atoms with E-state index in [0.717, 1.165) is 36.4 Å². The number of hydrogen-bond acceptors (Lipinski definition) is 17. The Hall–Kier alpha value is -6.12. The first-order chi connectivity index (χ1) is 22.1. The van der Waals surface area contributed by atoms with Crippen molar-refractivity contribution >= 4 is 52.1 Å². The second kappa shape index (κ2) is 15.2. The van der Waals surface area contributed by atoms with Gasteiger partial charge in [0.2, 0.25) is 0 Å². The van der Waals surface area contributed by atoms with Gasteiger partial charge >= 0.3 is 23.6 Å². The van der Waals surface area contributed by atoms with Gasteiger partial charge in [0.15, 0.2) is 6.10 Å². The molecule has 0 amide bonds. The predicted octanol–water partition coefficient (Wildman–Crippen LogP) is 2.51. The van der Waals surface area contributed by atoms with Crippen molar-refractivity contribution in [3.05, 3.63) is 82.4 Å². The number of nitrogens with one attached hydrogen (secondary N) is 1. The molecule has 0 bridgehead atoms. The van der Waals surface area contributed by atoms with Gasteiger partial charge in [-0.3, -0.25) is 55.5 Å². The molecule has 2 fully saturated rings. The minimum absolute atomic E-state index is 0.0423. The highest BCUT2D eigenvalue weighted by molar-refractivity contribution is 5.93. The molecule has 4 rings (SSSR count). The Balaban J connectivity index is 0.000000256. The molecule has 0 radical (unpaired) electrons. The number of hydrazone groups is 1. The number of benzene rings is 2. The van der Waals surface area contributed by atoms with E-state index in [-0.39, 0.29) is 36.7 Å². The highest BCUT2D eigenvalue weighted by atomic mass is 16.6. The van der Waals surface area contributed by atoms with Crippen LogP contribution < -0.4 is 5.43 Å². The summed E-state index contributed by atoms with van der Waals surface area (Å²) in [5.41, 5.74) is 0.854. The average Bonchev–Trinajstić information content (AvgIpc) is 3.60. The number of esters is 3. The summed E-state index contributed by atoms with van der Waals surface area (Å²) >= 11 is 0. The van der Waals surface area contributed by atoms with Crippen LogP contribution in [0.15, 0.2) is 41.5 Å². The lowest BCUT2D eigenvalue weighted by molar-refractivity contribution is -0.394. The van der Waals surface area contributed by atoms with Gasteiger partial charge < -0.3 is 19.3 Å². The number of aliphatic hydroxyl groups excluding tert-OH is 1. The van der Waals surface area contributed by atoms with E-state index in [9.17, 15) is 59.9 Å². The third-order valence-corrected chi connectivity index (χ3v) is 6.80. The number of nitrogens with zero attached hydrogens (tertiary/aromatic N) is 5. The van der Waals surface area contributed by atoms with E-state index in [1.165, 1.54) is 6.92 Å². The lowest BCUT2D eigenvalue weighted by Crippen LogP contribution is -2.29. The third-order valence-electron chi connectivity index (χ3n) is 6.80. The van der Waals surface area contributed by atoms with Gasteiger partial charge in [0.1, 0.15) is 24.5 Å². The van der Waals surface area contributed by atoms with E-state index in [4.69, 9.17) is 9.47 Å². The van der Waals surface area contributed by atoms with Crippen LogP contribution in [0.5, 0.6) is 0 Å². The number of hydrogen-bond donors (Lipinski definition) is 2. The second-order valence-electron chi connectivity index (χ2n) is 10.1. The first-order valence-electron chi connectivity index (χ1n) is 13.5. The largest absolute Gasteiger partial charge is 0.463 e. The smallest absolute Gasteiger partial charge is 0.335 e. The zero-order valence-electron chi connectivity index (χ0n) is 24.5. The number of nitro groups is 4. The van der Waals surface area contributed by atoms with Crippen molar-refractivity contribution in [1.29, 1.82) is 0 Å². The van der Waals surface area contributed by atoms with Gasteiger partial charge in [-0.1, -0.05) is 0 Å². The minimum Gasteiger partial charge on any atom is -0.463 e. The van der Waals surface area contributed by atoms with E-state index < -0.39 is 78.6 Å². The Morgan fingerprint density at radius 3 is 2.11 bits per heavy atom. The Labute approximate surface area is 262 Å². The SMILES string of the molecule is C/C(=N/Nc1ccc([N+](=O)[O-])cc1[N+](=O)[O-])C1COC(=O)C1O.CC(OC(=O)Cc1cc([N+](=O)[O-])cc([N+](=O)[O-])c1)C1CCC(=O)O1. The fraction of sp³-hybridized carbons (Fsp3) is 0.385. The monoisotopic (exact) mass is 662 g/mol. The van der Waals surface area contributed by atoms with Gasteiger partial charge in [0.25, 0.3) is 17.1 Å². The molecule has 2 heterocycles. The molecule has 47 heavy (non-hydrogen) atoms. The van der Waals surface area contributed by atoms with Crippen molar-refractivity contribution < 1.29 is 53.4 Å². The highest BCUT2D eigenvalue weighted by Crippen LogP contribution is 2.29. The Morgan fingerprint density at radius 2 is 1.62 bits per heavy atom. The predicted molar refractivity (Wildman–Crippen MR) is 155 cm³/mol. The molecule has 250 valence electrons. The quantitative estimate of drug-likeness (QED) is 0.115. The van der Waals surface area contributed by atoms with E-state index in [2.05, 4.69) is 15.3 Å². The maximum atomic E-state index is 11.9. The van der Waals surface area contributed by atoms with Crippen molar-refractivity contribution in [3.63, 3.8) is 0 Å². The Bertz CT molecular complexity index is 1610. The number of ether oxygens (including phenoxy) is 3. The number of nitro benzene ring substituents is 4. The minimum atomic E-state index is -1.34. The van der Waals surface area contributed by atoms with Gasteiger partial charge in [-0.05, 0) is 31.9 Å². The van der Waals surface area contributed by atoms with Gasteiger partial charge in [0.05, 0.1) is 44.2 Å². The topological polar surface area (TPSA) is 296 Å². The van der Waals surface area contributed by atoms with Gasteiger partial charge in [-0.2, -0.15) is 5.10 Å². The van der Waals surface area contributed by atoms with Crippen molar-refractivity contribution in [2.45, 2.75) is 51.4 Å². The third kappa shape index (κ3) is 9.43. The van der Waals surface area contributed by atoms with Gasteiger partial charge in [-0.25, -0.2) is 4.79 Å². The molecular formula is C26H26N6O15. The molecule has 0 aromatic heterocycles. The maximum absolute atomic E-state index is 11.9. The molecule has 2 aliphatic rings. The molecule has 2 saturated heterocycles. The lowest BCUT2D eigenvalue weighted by atomic mass is 10.0. The summed E-state index contributed by atoms with van der Waals surface area (Å²) in [5.74, 6) is -2.50. The summed E-state index contributed by atoms with van der Waals surface area (Å²) in [4.78, 5) is 74.3. The molecule has 0 spiro atoms. The molecule has 0 aliphatic carbocycles. The molecule has 2 aromatic carbocycles. The van der Waals surface area contributed by atoms with Crippen molar-refractivity contribution in [3.8, 4) is 0 Å². The first-order valence-corrected chi connectivity index (χ1v) is 13.5. The molecule has 2 N–H and O–H groups in total. The van der Waals surface area contributed by atoms with Gasteiger partial charge in [-0.15, -0.1) is 0 Å². The standard InChI is InChI=1S/C14H14N2O8.C12H12N4O7/c1-8(12-2-3-13(17)24-12)23-14(18)6-9-4-10(15(19)20)7-11(5-9)16(21)22;1-6(8-5-23-12(18)11(8)17)13-14-9-3-2-7(15(19)20)4-10(9)16(21)22/h4-5,7-8,12H,2-3,6H2,1H3;2-4,8,11,14,17H,5H2,1H3/b;13-6-. The van der Waals surface area contributed by atoms with Crippen LogP contribution in [0, 0.1) is 46.4 Å². The maximum Gasteiger partial charge on any atom is 0.335 e. The fourth-order valence-corrected chi connectivity index (χ4v) is 4.31. The summed E-state index contributed by atoms with van der Waals surface area (Å²) in [5, 5.41) is 56.7. The van der Waals surface area contributed by atoms with Crippen molar-refractivity contribution in [2.24, 2.45) is 11.0 Å². The van der Waals surface area contributed by atoms with E-state index in [0.29, 0.717) is 12.1 Å².